The zero-order valence-electron chi connectivity index (χ0n) is 9.56. The molecule has 13 heavy (non-hydrogen) atoms. The Hall–Kier alpha value is -0.0800. The lowest BCUT2D eigenvalue weighted by Gasteiger charge is -2.27. The van der Waals surface area contributed by atoms with Crippen molar-refractivity contribution in [3.05, 3.63) is 0 Å². The molecule has 0 bridgehead atoms. The quantitative estimate of drug-likeness (QED) is 0.599. The molecule has 0 saturated heterocycles. The second-order valence-electron chi connectivity index (χ2n) is 4.40. The van der Waals surface area contributed by atoms with E-state index in [4.69, 9.17) is 0 Å². The van der Waals surface area contributed by atoms with E-state index in [1.54, 1.807) is 0 Å². The highest BCUT2D eigenvalue weighted by molar-refractivity contribution is 4.78. The second-order valence-corrected chi connectivity index (χ2v) is 4.40. The van der Waals surface area contributed by atoms with E-state index in [1.165, 1.54) is 19.3 Å². The molecular formula is C11H25NO. The van der Waals surface area contributed by atoms with Crippen molar-refractivity contribution in [1.82, 2.24) is 5.32 Å². The summed E-state index contributed by atoms with van der Waals surface area (Å²) in [6.45, 7) is 9.92. The van der Waals surface area contributed by atoms with E-state index in [-0.39, 0.29) is 0 Å². The SMILES string of the molecule is CCCCCNCC(C)(O)C(C)C. The van der Waals surface area contributed by atoms with Crippen molar-refractivity contribution < 1.29 is 5.11 Å². The third-order valence-electron chi connectivity index (χ3n) is 2.68. The Bertz CT molecular complexity index is 121. The van der Waals surface area contributed by atoms with Crippen molar-refractivity contribution in [2.75, 3.05) is 13.1 Å². The Morgan fingerprint density at radius 1 is 1.31 bits per heavy atom. The highest BCUT2D eigenvalue weighted by Crippen LogP contribution is 2.14. The minimum atomic E-state index is -0.563. The van der Waals surface area contributed by atoms with E-state index in [0.717, 1.165) is 6.54 Å². The third kappa shape index (κ3) is 6.05. The zero-order chi connectivity index (χ0) is 10.3. The van der Waals surface area contributed by atoms with Crippen LogP contribution in [0.5, 0.6) is 0 Å². The second kappa shape index (κ2) is 6.39. The minimum absolute atomic E-state index is 0.311. The molecule has 0 spiro atoms. The third-order valence-corrected chi connectivity index (χ3v) is 2.68. The van der Waals surface area contributed by atoms with Gasteiger partial charge in [0.1, 0.15) is 0 Å². The number of unbranched alkanes of at least 4 members (excludes halogenated alkanes) is 2. The van der Waals surface area contributed by atoms with Crippen molar-refractivity contribution >= 4 is 0 Å². The van der Waals surface area contributed by atoms with Gasteiger partial charge >= 0.3 is 0 Å². The molecule has 0 aliphatic heterocycles. The van der Waals surface area contributed by atoms with E-state index in [9.17, 15) is 5.11 Å². The molecule has 0 rings (SSSR count). The monoisotopic (exact) mass is 187 g/mol. The summed E-state index contributed by atoms with van der Waals surface area (Å²) in [6, 6.07) is 0. The van der Waals surface area contributed by atoms with Crippen LogP contribution < -0.4 is 5.32 Å². The Balaban J connectivity index is 3.41. The molecule has 0 aliphatic rings. The van der Waals surface area contributed by atoms with Crippen molar-refractivity contribution in [3.8, 4) is 0 Å². The first-order chi connectivity index (χ1) is 6.00. The molecule has 2 nitrogen and oxygen atoms in total. The Morgan fingerprint density at radius 2 is 1.92 bits per heavy atom. The molecule has 0 saturated carbocycles. The summed E-state index contributed by atoms with van der Waals surface area (Å²) in [5.74, 6) is 0.311. The van der Waals surface area contributed by atoms with Crippen LogP contribution in [0.1, 0.15) is 47.0 Å². The zero-order valence-corrected chi connectivity index (χ0v) is 9.56. The van der Waals surface area contributed by atoms with Gasteiger partial charge in [0.25, 0.3) is 0 Å². The van der Waals surface area contributed by atoms with E-state index >= 15 is 0 Å². The molecule has 0 heterocycles. The first-order valence-corrected chi connectivity index (χ1v) is 5.43. The van der Waals surface area contributed by atoms with Gasteiger partial charge in [-0.15, -0.1) is 0 Å². The van der Waals surface area contributed by atoms with Crippen LogP contribution in [0.4, 0.5) is 0 Å². The molecule has 0 aromatic rings. The fourth-order valence-electron chi connectivity index (χ4n) is 1.05. The first kappa shape index (κ1) is 12.9. The lowest BCUT2D eigenvalue weighted by Crippen LogP contribution is -2.42. The maximum absolute atomic E-state index is 9.89. The van der Waals surface area contributed by atoms with Crippen LogP contribution in [0.15, 0.2) is 0 Å². The van der Waals surface area contributed by atoms with Crippen molar-refractivity contribution in [1.29, 1.82) is 0 Å². The molecule has 0 fully saturated rings. The molecule has 0 aromatic carbocycles. The predicted molar refractivity (Wildman–Crippen MR) is 57.9 cm³/mol. The topological polar surface area (TPSA) is 32.3 Å². The average Bonchev–Trinajstić information content (AvgIpc) is 2.03. The van der Waals surface area contributed by atoms with Crippen LogP contribution >= 0.6 is 0 Å². The lowest BCUT2D eigenvalue weighted by molar-refractivity contribution is 0.0144. The largest absolute Gasteiger partial charge is 0.389 e. The average molecular weight is 187 g/mol. The Morgan fingerprint density at radius 3 is 2.38 bits per heavy atom. The molecular weight excluding hydrogens is 162 g/mol. The molecule has 0 aromatic heterocycles. The molecule has 1 atom stereocenters. The maximum Gasteiger partial charge on any atom is 0.0766 e. The lowest BCUT2D eigenvalue weighted by atomic mass is 9.92. The smallest absolute Gasteiger partial charge is 0.0766 e. The fraction of sp³-hybridized carbons (Fsp3) is 1.00. The maximum atomic E-state index is 9.89. The van der Waals surface area contributed by atoms with Gasteiger partial charge in [0.2, 0.25) is 0 Å². The van der Waals surface area contributed by atoms with Crippen molar-refractivity contribution in [2.45, 2.75) is 52.6 Å². The predicted octanol–water partition coefficient (Wildman–Crippen LogP) is 2.17. The highest BCUT2D eigenvalue weighted by atomic mass is 16.3. The van der Waals surface area contributed by atoms with E-state index in [2.05, 4.69) is 12.2 Å². The van der Waals surface area contributed by atoms with Crippen LogP contribution in [0.25, 0.3) is 0 Å². The summed E-state index contributed by atoms with van der Waals surface area (Å²) in [4.78, 5) is 0. The Labute approximate surface area is 82.7 Å². The van der Waals surface area contributed by atoms with Gasteiger partial charge in [0.05, 0.1) is 5.60 Å². The van der Waals surface area contributed by atoms with Gasteiger partial charge in [0, 0.05) is 6.54 Å². The van der Waals surface area contributed by atoms with Crippen LogP contribution in [-0.4, -0.2) is 23.8 Å². The number of hydrogen-bond donors (Lipinski definition) is 2. The van der Waals surface area contributed by atoms with Crippen LogP contribution in [0, 0.1) is 5.92 Å². The van der Waals surface area contributed by atoms with E-state index < -0.39 is 5.60 Å². The normalized spacial score (nSPS) is 16.2. The molecule has 0 radical (unpaired) electrons. The number of nitrogens with one attached hydrogen (secondary N) is 1. The van der Waals surface area contributed by atoms with Gasteiger partial charge in [-0.1, -0.05) is 33.6 Å². The van der Waals surface area contributed by atoms with Gasteiger partial charge in [-0.2, -0.15) is 0 Å². The highest BCUT2D eigenvalue weighted by Gasteiger charge is 2.23. The van der Waals surface area contributed by atoms with Gasteiger partial charge in [0.15, 0.2) is 0 Å². The number of hydrogen-bond acceptors (Lipinski definition) is 2. The summed E-state index contributed by atoms with van der Waals surface area (Å²) in [5.41, 5.74) is -0.563. The fourth-order valence-corrected chi connectivity index (χ4v) is 1.05. The summed E-state index contributed by atoms with van der Waals surface area (Å²) >= 11 is 0. The molecule has 0 amide bonds. The first-order valence-electron chi connectivity index (χ1n) is 5.43. The van der Waals surface area contributed by atoms with Gasteiger partial charge in [-0.3, -0.25) is 0 Å². The summed E-state index contributed by atoms with van der Waals surface area (Å²) < 4.78 is 0. The van der Waals surface area contributed by atoms with Crippen molar-refractivity contribution in [2.24, 2.45) is 5.92 Å². The molecule has 2 heteroatoms. The van der Waals surface area contributed by atoms with Gasteiger partial charge in [-0.25, -0.2) is 0 Å². The van der Waals surface area contributed by atoms with Crippen LogP contribution in [0.2, 0.25) is 0 Å². The summed E-state index contributed by atoms with van der Waals surface area (Å²) in [6.07, 6.45) is 3.74. The summed E-state index contributed by atoms with van der Waals surface area (Å²) in [7, 11) is 0. The molecule has 2 N–H and O–H groups in total. The van der Waals surface area contributed by atoms with Crippen LogP contribution in [-0.2, 0) is 0 Å². The Kier molecular flexibility index (Phi) is 6.35. The standard InChI is InChI=1S/C11H25NO/c1-5-6-7-8-12-9-11(4,13)10(2)3/h10,12-13H,5-9H2,1-4H3. The van der Waals surface area contributed by atoms with Gasteiger partial charge in [-0.05, 0) is 25.8 Å². The number of rotatable bonds is 7. The molecule has 0 aliphatic carbocycles. The summed E-state index contributed by atoms with van der Waals surface area (Å²) in [5, 5.41) is 13.2. The number of aliphatic hydroxyl groups is 1. The molecule has 1 unspecified atom stereocenters. The van der Waals surface area contributed by atoms with E-state index in [1.807, 2.05) is 20.8 Å². The van der Waals surface area contributed by atoms with Crippen molar-refractivity contribution in [3.63, 3.8) is 0 Å². The van der Waals surface area contributed by atoms with Crippen LogP contribution in [0.3, 0.4) is 0 Å². The molecule has 80 valence electrons. The van der Waals surface area contributed by atoms with Gasteiger partial charge < -0.3 is 10.4 Å². The van der Waals surface area contributed by atoms with E-state index in [0.29, 0.717) is 12.5 Å². The minimum Gasteiger partial charge on any atom is -0.389 e.